The summed E-state index contributed by atoms with van der Waals surface area (Å²) < 4.78 is 6.37. The minimum Gasteiger partial charge on any atom is -0.462 e. The number of carbonyl (C=O) groups is 1. The summed E-state index contributed by atoms with van der Waals surface area (Å²) in [6, 6.07) is 8.45. The van der Waals surface area contributed by atoms with E-state index in [0.717, 1.165) is 45.3 Å². The molecule has 1 aromatic carbocycles. The van der Waals surface area contributed by atoms with Gasteiger partial charge in [0.15, 0.2) is 5.11 Å². The molecule has 2 aliphatic rings. The summed E-state index contributed by atoms with van der Waals surface area (Å²) in [5, 5.41) is 6.03. The summed E-state index contributed by atoms with van der Waals surface area (Å²) in [6.45, 7) is 2.17. The number of nitrogens with zero attached hydrogens (tertiary/aromatic N) is 2. The first kappa shape index (κ1) is 17.8. The molecule has 1 fully saturated rings. The Balaban J connectivity index is 1.79. The molecule has 3 aromatic rings. The molecule has 0 spiro atoms. The first-order valence-electron chi connectivity index (χ1n) is 9.81. The van der Waals surface area contributed by atoms with E-state index in [-0.39, 0.29) is 5.97 Å². The summed E-state index contributed by atoms with van der Waals surface area (Å²) in [5.41, 5.74) is 1.68. The number of hydrogen-bond acceptors (Lipinski definition) is 5. The molecule has 0 radical (unpaired) electrons. The Labute approximate surface area is 172 Å². The molecule has 2 aromatic heterocycles. The van der Waals surface area contributed by atoms with Gasteiger partial charge in [0.05, 0.1) is 27.9 Å². The number of anilines is 2. The zero-order chi connectivity index (χ0) is 19.3. The van der Waals surface area contributed by atoms with Gasteiger partial charge < -0.3 is 10.1 Å². The average molecular weight is 412 g/mol. The van der Waals surface area contributed by atoms with Crippen molar-refractivity contribution in [2.75, 3.05) is 16.8 Å². The van der Waals surface area contributed by atoms with Crippen molar-refractivity contribution < 1.29 is 9.53 Å². The average Bonchev–Trinajstić information content (AvgIpc) is 3.09. The predicted octanol–water partition coefficient (Wildman–Crippen LogP) is 5.48. The second-order valence-corrected chi connectivity index (χ2v) is 8.68. The third-order valence-electron chi connectivity index (χ3n) is 5.59. The molecule has 0 bridgehead atoms. The number of thiocarbonyl (C=S) groups is 1. The maximum absolute atomic E-state index is 12.6. The van der Waals surface area contributed by atoms with E-state index < -0.39 is 0 Å². The maximum Gasteiger partial charge on any atom is 0.350 e. The standard InChI is InChI=1S/C21H21N3O2S2/c1-2-26-20(25)18-16-15-17(28-18)13-10-6-7-11-14(13)22-19(15)24(21(27)23-16)12-8-4-3-5-9-12/h6-7,10-12H,2-5,8-9H2,1H3,(H,23,27). The number of carbonyl (C=O) groups excluding carboxylic acids is 1. The van der Waals surface area contributed by atoms with Crippen LogP contribution < -0.4 is 10.2 Å². The first-order chi connectivity index (χ1) is 13.7. The molecule has 0 atom stereocenters. The van der Waals surface area contributed by atoms with Crippen molar-refractivity contribution in [3.8, 4) is 0 Å². The fraction of sp³-hybridized carbons (Fsp3) is 0.381. The summed E-state index contributed by atoms with van der Waals surface area (Å²) in [6.07, 6.45) is 5.93. The fourth-order valence-corrected chi connectivity index (χ4v) is 5.86. The second-order valence-electron chi connectivity index (χ2n) is 7.28. The Hall–Kier alpha value is -2.25. The van der Waals surface area contributed by atoms with Gasteiger partial charge in [-0.05, 0) is 38.0 Å². The van der Waals surface area contributed by atoms with Crippen molar-refractivity contribution in [3.63, 3.8) is 0 Å². The van der Waals surface area contributed by atoms with Crippen LogP contribution in [0.5, 0.6) is 0 Å². The topological polar surface area (TPSA) is 54.5 Å². The minimum atomic E-state index is -0.310. The monoisotopic (exact) mass is 411 g/mol. The van der Waals surface area contributed by atoms with Gasteiger partial charge in [-0.2, -0.15) is 0 Å². The fourth-order valence-electron chi connectivity index (χ4n) is 4.34. The first-order valence-corrected chi connectivity index (χ1v) is 11.0. The molecule has 0 unspecified atom stereocenters. The molecule has 28 heavy (non-hydrogen) atoms. The molecule has 3 heterocycles. The van der Waals surface area contributed by atoms with E-state index in [1.807, 2.05) is 25.1 Å². The molecule has 0 saturated heterocycles. The molecule has 1 saturated carbocycles. The van der Waals surface area contributed by atoms with Crippen LogP contribution >= 0.6 is 23.6 Å². The van der Waals surface area contributed by atoms with E-state index >= 15 is 0 Å². The Morgan fingerprint density at radius 3 is 2.89 bits per heavy atom. The highest BCUT2D eigenvalue weighted by Gasteiger charge is 2.35. The number of para-hydroxylation sites is 1. The highest BCUT2D eigenvalue weighted by atomic mass is 32.1. The quantitative estimate of drug-likeness (QED) is 0.455. The lowest BCUT2D eigenvalue weighted by molar-refractivity contribution is 0.0533. The highest BCUT2D eigenvalue weighted by molar-refractivity contribution is 7.80. The second kappa shape index (κ2) is 6.97. The van der Waals surface area contributed by atoms with E-state index in [0.29, 0.717) is 22.6 Å². The number of hydrogen-bond donors (Lipinski definition) is 1. The van der Waals surface area contributed by atoms with Crippen molar-refractivity contribution in [3.05, 3.63) is 29.1 Å². The van der Waals surface area contributed by atoms with Crippen LogP contribution in [0, 0.1) is 0 Å². The van der Waals surface area contributed by atoms with Crippen molar-refractivity contribution in [1.82, 2.24) is 4.98 Å². The molecule has 1 N–H and O–H groups in total. The SMILES string of the molecule is CCOC(=O)c1sc2c3c(nc4ccccc42)N(C2CCCCC2)C(=S)Nc13. The van der Waals surface area contributed by atoms with Gasteiger partial charge in [0.25, 0.3) is 0 Å². The van der Waals surface area contributed by atoms with E-state index in [9.17, 15) is 4.79 Å². The molecular weight excluding hydrogens is 390 g/mol. The van der Waals surface area contributed by atoms with Gasteiger partial charge in [0.1, 0.15) is 10.7 Å². The smallest absolute Gasteiger partial charge is 0.350 e. The Bertz CT molecular complexity index is 1100. The van der Waals surface area contributed by atoms with Crippen LogP contribution in [0.3, 0.4) is 0 Å². The lowest BCUT2D eigenvalue weighted by Gasteiger charge is -2.38. The summed E-state index contributed by atoms with van der Waals surface area (Å²) in [4.78, 5) is 20.4. The normalized spacial score (nSPS) is 17.2. The number of rotatable bonds is 3. The van der Waals surface area contributed by atoms with Crippen molar-refractivity contribution >= 4 is 67.1 Å². The van der Waals surface area contributed by atoms with Gasteiger partial charge in [-0.1, -0.05) is 37.5 Å². The summed E-state index contributed by atoms with van der Waals surface area (Å²) in [7, 11) is 0. The highest BCUT2D eigenvalue weighted by Crippen LogP contribution is 2.48. The van der Waals surface area contributed by atoms with E-state index in [2.05, 4.69) is 16.3 Å². The van der Waals surface area contributed by atoms with Gasteiger partial charge in [-0.3, -0.25) is 4.90 Å². The van der Waals surface area contributed by atoms with E-state index in [4.69, 9.17) is 21.9 Å². The van der Waals surface area contributed by atoms with Crippen LogP contribution in [0.4, 0.5) is 11.5 Å². The maximum atomic E-state index is 12.6. The zero-order valence-corrected chi connectivity index (χ0v) is 17.3. The van der Waals surface area contributed by atoms with Crippen LogP contribution in [-0.4, -0.2) is 28.7 Å². The van der Waals surface area contributed by atoms with Gasteiger partial charge in [-0.25, -0.2) is 9.78 Å². The van der Waals surface area contributed by atoms with Gasteiger partial charge in [0, 0.05) is 11.4 Å². The molecule has 5 nitrogen and oxygen atoms in total. The number of thiophene rings is 1. The third-order valence-corrected chi connectivity index (χ3v) is 7.09. The number of ether oxygens (including phenoxy) is 1. The minimum absolute atomic E-state index is 0.310. The number of nitrogens with one attached hydrogen (secondary N) is 1. The summed E-state index contributed by atoms with van der Waals surface area (Å²) in [5.74, 6) is 0.571. The number of fused-ring (bicyclic) bond motifs is 2. The van der Waals surface area contributed by atoms with Gasteiger partial charge in [0.2, 0.25) is 0 Å². The molecule has 144 valence electrons. The van der Waals surface area contributed by atoms with Crippen LogP contribution in [0.2, 0.25) is 0 Å². The number of pyridine rings is 1. The zero-order valence-electron chi connectivity index (χ0n) is 15.7. The van der Waals surface area contributed by atoms with Crippen LogP contribution in [-0.2, 0) is 4.74 Å². The Morgan fingerprint density at radius 1 is 1.32 bits per heavy atom. The third kappa shape index (κ3) is 2.68. The molecule has 5 rings (SSSR count). The molecule has 1 aliphatic heterocycles. The summed E-state index contributed by atoms with van der Waals surface area (Å²) >= 11 is 7.22. The molecule has 7 heteroatoms. The van der Waals surface area contributed by atoms with E-state index in [1.54, 1.807) is 0 Å². The van der Waals surface area contributed by atoms with Crippen molar-refractivity contribution in [2.24, 2.45) is 0 Å². The van der Waals surface area contributed by atoms with Gasteiger partial charge >= 0.3 is 5.97 Å². The Kier molecular flexibility index (Phi) is 4.44. The van der Waals surface area contributed by atoms with Gasteiger partial charge in [-0.15, -0.1) is 11.3 Å². The predicted molar refractivity (Wildman–Crippen MR) is 119 cm³/mol. The van der Waals surface area contributed by atoms with Crippen molar-refractivity contribution in [2.45, 2.75) is 45.1 Å². The molecule has 0 amide bonds. The number of benzene rings is 1. The molecule has 1 aliphatic carbocycles. The molecular formula is C21H21N3O2S2. The van der Waals surface area contributed by atoms with Crippen LogP contribution in [0.25, 0.3) is 21.0 Å². The lowest BCUT2D eigenvalue weighted by atomic mass is 9.93. The Morgan fingerprint density at radius 2 is 2.11 bits per heavy atom. The largest absolute Gasteiger partial charge is 0.462 e. The van der Waals surface area contributed by atoms with Crippen LogP contribution in [0.15, 0.2) is 24.3 Å². The van der Waals surface area contributed by atoms with Crippen LogP contribution in [0.1, 0.15) is 48.7 Å². The van der Waals surface area contributed by atoms with E-state index in [1.165, 1.54) is 30.6 Å². The number of esters is 1. The number of aromatic nitrogens is 1. The lowest BCUT2D eigenvalue weighted by Crippen LogP contribution is -2.46. The van der Waals surface area contributed by atoms with Crippen molar-refractivity contribution in [1.29, 1.82) is 0 Å².